The van der Waals surface area contributed by atoms with Crippen molar-refractivity contribution in [2.45, 2.75) is 0 Å². The Labute approximate surface area is 132 Å². The van der Waals surface area contributed by atoms with E-state index in [-0.39, 0.29) is 5.15 Å². The van der Waals surface area contributed by atoms with Crippen molar-refractivity contribution in [1.29, 1.82) is 0 Å². The van der Waals surface area contributed by atoms with Gasteiger partial charge in [-0.15, -0.1) is 15.3 Å². The lowest BCUT2D eigenvalue weighted by Gasteiger charge is -2.03. The second-order valence-electron chi connectivity index (χ2n) is 4.44. The van der Waals surface area contributed by atoms with Gasteiger partial charge in [0.25, 0.3) is 0 Å². The van der Waals surface area contributed by atoms with Gasteiger partial charge in [-0.3, -0.25) is 5.43 Å². The summed E-state index contributed by atoms with van der Waals surface area (Å²) in [6, 6.07) is 20.8. The minimum absolute atomic E-state index is 0.272. The first-order chi connectivity index (χ1) is 10.8. The molecule has 2 aromatic carbocycles. The van der Waals surface area contributed by atoms with Crippen LogP contribution < -0.4 is 5.43 Å². The van der Waals surface area contributed by atoms with Crippen molar-refractivity contribution in [3.05, 3.63) is 71.9 Å². The van der Waals surface area contributed by atoms with E-state index in [4.69, 9.17) is 11.6 Å². The fourth-order valence-electron chi connectivity index (χ4n) is 1.89. The quantitative estimate of drug-likeness (QED) is 0.550. The maximum atomic E-state index is 5.90. The average Bonchev–Trinajstić information content (AvgIpc) is 2.57. The third-order valence-electron chi connectivity index (χ3n) is 2.90. The molecule has 0 aliphatic rings. The Morgan fingerprint density at radius 2 is 1.55 bits per heavy atom. The van der Waals surface area contributed by atoms with E-state index < -0.39 is 0 Å². The number of benzene rings is 2. The van der Waals surface area contributed by atoms with Gasteiger partial charge >= 0.3 is 0 Å². The molecule has 1 heterocycles. The van der Waals surface area contributed by atoms with E-state index in [1.807, 2.05) is 60.7 Å². The first-order valence-corrected chi connectivity index (χ1v) is 7.01. The Hall–Kier alpha value is -2.79. The Kier molecular flexibility index (Phi) is 4.36. The smallest absolute Gasteiger partial charge is 0.153 e. The van der Waals surface area contributed by atoms with Crippen LogP contribution in [-0.2, 0) is 0 Å². The van der Waals surface area contributed by atoms with Gasteiger partial charge in [0.15, 0.2) is 5.15 Å². The van der Waals surface area contributed by atoms with Gasteiger partial charge in [0.2, 0.25) is 0 Å². The number of para-hydroxylation sites is 1. The van der Waals surface area contributed by atoms with Crippen molar-refractivity contribution >= 4 is 23.0 Å². The zero-order valence-corrected chi connectivity index (χ0v) is 12.3. The summed E-state index contributed by atoms with van der Waals surface area (Å²) in [5, 5.41) is 16.4. The van der Waals surface area contributed by atoms with Crippen LogP contribution >= 0.6 is 11.6 Å². The second kappa shape index (κ2) is 6.78. The van der Waals surface area contributed by atoms with Gasteiger partial charge in [-0.2, -0.15) is 0 Å². The number of nitrogens with one attached hydrogen (secondary N) is 1. The molecule has 0 unspecified atom stereocenters. The molecule has 108 valence electrons. The first-order valence-electron chi connectivity index (χ1n) is 6.63. The standard InChI is InChI=1S/C16H12ClN5/c17-15-11-14(19-22-18-13-9-5-2-6-10-13)16(21-20-15)12-7-3-1-4-8-12/h1-11H,(H,18,19,20). The van der Waals surface area contributed by atoms with E-state index in [1.54, 1.807) is 6.07 Å². The van der Waals surface area contributed by atoms with E-state index in [0.717, 1.165) is 11.3 Å². The molecule has 0 bridgehead atoms. The van der Waals surface area contributed by atoms with Crippen LogP contribution in [0, 0.1) is 0 Å². The van der Waals surface area contributed by atoms with Crippen molar-refractivity contribution in [2.24, 2.45) is 10.3 Å². The van der Waals surface area contributed by atoms with Crippen LogP contribution in [0.2, 0.25) is 5.15 Å². The predicted octanol–water partition coefficient (Wildman–Crippen LogP) is 4.91. The molecule has 1 N–H and O–H groups in total. The van der Waals surface area contributed by atoms with Gasteiger partial charge in [0.1, 0.15) is 11.4 Å². The van der Waals surface area contributed by atoms with Crippen LogP contribution in [0.3, 0.4) is 0 Å². The molecule has 0 atom stereocenters. The first kappa shape index (κ1) is 14.2. The highest BCUT2D eigenvalue weighted by Crippen LogP contribution is 2.29. The van der Waals surface area contributed by atoms with Gasteiger partial charge < -0.3 is 0 Å². The lowest BCUT2D eigenvalue weighted by molar-refractivity contribution is 1.02. The molecule has 5 nitrogen and oxygen atoms in total. The van der Waals surface area contributed by atoms with Crippen molar-refractivity contribution in [3.63, 3.8) is 0 Å². The summed E-state index contributed by atoms with van der Waals surface area (Å²) in [6.45, 7) is 0. The van der Waals surface area contributed by atoms with Gasteiger partial charge in [0, 0.05) is 11.6 Å². The van der Waals surface area contributed by atoms with E-state index in [2.05, 4.69) is 26.0 Å². The topological polar surface area (TPSA) is 62.5 Å². The van der Waals surface area contributed by atoms with E-state index >= 15 is 0 Å². The monoisotopic (exact) mass is 309 g/mol. The Balaban J connectivity index is 1.88. The van der Waals surface area contributed by atoms with Crippen LogP contribution in [0.5, 0.6) is 0 Å². The largest absolute Gasteiger partial charge is 0.260 e. The summed E-state index contributed by atoms with van der Waals surface area (Å²) < 4.78 is 0. The minimum atomic E-state index is 0.272. The summed E-state index contributed by atoms with van der Waals surface area (Å²) in [6.07, 6.45) is 0. The molecule has 0 radical (unpaired) electrons. The molecule has 6 heteroatoms. The van der Waals surface area contributed by atoms with Gasteiger partial charge in [-0.1, -0.05) is 65.4 Å². The van der Waals surface area contributed by atoms with Gasteiger partial charge in [-0.05, 0) is 12.1 Å². The maximum absolute atomic E-state index is 5.90. The summed E-state index contributed by atoms with van der Waals surface area (Å²) in [5.74, 6) is 0. The van der Waals surface area contributed by atoms with Crippen LogP contribution in [0.15, 0.2) is 77.1 Å². The third kappa shape index (κ3) is 3.45. The molecular weight excluding hydrogens is 298 g/mol. The fourth-order valence-corrected chi connectivity index (χ4v) is 2.03. The number of anilines is 1. The summed E-state index contributed by atoms with van der Waals surface area (Å²) in [5.41, 5.74) is 5.79. The minimum Gasteiger partial charge on any atom is -0.260 e. The molecule has 1 aromatic heterocycles. The van der Waals surface area contributed by atoms with Crippen LogP contribution in [0.25, 0.3) is 11.3 Å². The molecule has 0 saturated heterocycles. The maximum Gasteiger partial charge on any atom is 0.153 e. The van der Waals surface area contributed by atoms with E-state index in [0.29, 0.717) is 11.4 Å². The van der Waals surface area contributed by atoms with Gasteiger partial charge in [0.05, 0.1) is 5.69 Å². The predicted molar refractivity (Wildman–Crippen MR) is 87.1 cm³/mol. The number of hydrogen-bond acceptors (Lipinski definition) is 4. The van der Waals surface area contributed by atoms with Crippen molar-refractivity contribution in [2.75, 3.05) is 5.43 Å². The molecule has 0 aliphatic carbocycles. The SMILES string of the molecule is Clc1cc(N=NNc2ccccc2)c(-c2ccccc2)nn1. The lowest BCUT2D eigenvalue weighted by atomic mass is 10.1. The zero-order valence-electron chi connectivity index (χ0n) is 11.5. The molecule has 3 aromatic rings. The normalized spacial score (nSPS) is 10.8. The van der Waals surface area contributed by atoms with Crippen molar-refractivity contribution < 1.29 is 0 Å². The lowest BCUT2D eigenvalue weighted by Crippen LogP contribution is -1.90. The van der Waals surface area contributed by atoms with Crippen molar-refractivity contribution in [1.82, 2.24) is 10.2 Å². The third-order valence-corrected chi connectivity index (χ3v) is 3.09. The van der Waals surface area contributed by atoms with Crippen LogP contribution in [0.1, 0.15) is 0 Å². The van der Waals surface area contributed by atoms with Crippen molar-refractivity contribution in [3.8, 4) is 11.3 Å². The van der Waals surface area contributed by atoms with Gasteiger partial charge in [-0.25, -0.2) is 0 Å². The molecule has 0 saturated carbocycles. The molecular formula is C16H12ClN5. The van der Waals surface area contributed by atoms with E-state index in [9.17, 15) is 0 Å². The zero-order chi connectivity index (χ0) is 15.2. The summed E-state index contributed by atoms with van der Waals surface area (Å²) in [7, 11) is 0. The fraction of sp³-hybridized carbons (Fsp3) is 0. The second-order valence-corrected chi connectivity index (χ2v) is 4.83. The molecule has 0 fully saturated rings. The number of aromatic nitrogens is 2. The Morgan fingerprint density at radius 1 is 0.864 bits per heavy atom. The van der Waals surface area contributed by atoms with Crippen LogP contribution in [-0.4, -0.2) is 10.2 Å². The molecule has 22 heavy (non-hydrogen) atoms. The highest BCUT2D eigenvalue weighted by atomic mass is 35.5. The Morgan fingerprint density at radius 3 is 2.27 bits per heavy atom. The summed E-state index contributed by atoms with van der Waals surface area (Å²) in [4.78, 5) is 0. The number of halogens is 1. The highest BCUT2D eigenvalue weighted by Gasteiger charge is 2.08. The Bertz CT molecular complexity index is 775. The van der Waals surface area contributed by atoms with Crippen LogP contribution in [0.4, 0.5) is 11.4 Å². The number of hydrogen-bond donors (Lipinski definition) is 1. The van der Waals surface area contributed by atoms with E-state index in [1.165, 1.54) is 0 Å². The molecule has 0 spiro atoms. The molecule has 3 rings (SSSR count). The number of rotatable bonds is 4. The molecule has 0 amide bonds. The number of nitrogens with zero attached hydrogens (tertiary/aromatic N) is 4. The highest BCUT2D eigenvalue weighted by molar-refractivity contribution is 6.29. The molecule has 0 aliphatic heterocycles. The average molecular weight is 310 g/mol. The summed E-state index contributed by atoms with van der Waals surface area (Å²) >= 11 is 5.90.